The standard InChI is InChI=1S/C17H16ClN3/c1-11-7-14-17(19-10-11)21(16(9-18)20-14)15-8-13(15)12-5-3-2-4-6-12/h2-7,10,13,15H,8-9H2,1H3. The van der Waals surface area contributed by atoms with Crippen LogP contribution >= 0.6 is 11.6 Å². The lowest BCUT2D eigenvalue weighted by Gasteiger charge is -2.07. The van der Waals surface area contributed by atoms with Crippen molar-refractivity contribution in [3.05, 3.63) is 59.5 Å². The third kappa shape index (κ3) is 2.12. The van der Waals surface area contributed by atoms with Crippen molar-refractivity contribution < 1.29 is 0 Å². The second-order valence-corrected chi connectivity index (χ2v) is 5.97. The number of halogens is 1. The zero-order chi connectivity index (χ0) is 14.4. The number of rotatable bonds is 3. The van der Waals surface area contributed by atoms with E-state index in [9.17, 15) is 0 Å². The van der Waals surface area contributed by atoms with E-state index in [2.05, 4.69) is 50.9 Å². The molecule has 2 aromatic heterocycles. The summed E-state index contributed by atoms with van der Waals surface area (Å²) in [5, 5.41) is 0. The summed E-state index contributed by atoms with van der Waals surface area (Å²) < 4.78 is 2.24. The lowest BCUT2D eigenvalue weighted by molar-refractivity contribution is 0.699. The SMILES string of the molecule is Cc1cnc2c(c1)nc(CCl)n2C1CC1c1ccccc1. The molecule has 4 heteroatoms. The van der Waals surface area contributed by atoms with Gasteiger partial charge in [0, 0.05) is 18.2 Å². The molecule has 0 spiro atoms. The van der Waals surface area contributed by atoms with Crippen molar-refractivity contribution in [3.63, 3.8) is 0 Å². The van der Waals surface area contributed by atoms with E-state index in [0.29, 0.717) is 17.8 Å². The molecule has 0 radical (unpaired) electrons. The van der Waals surface area contributed by atoms with Crippen LogP contribution in [-0.4, -0.2) is 14.5 Å². The van der Waals surface area contributed by atoms with Gasteiger partial charge in [-0.1, -0.05) is 30.3 Å². The van der Waals surface area contributed by atoms with Gasteiger partial charge in [0.25, 0.3) is 0 Å². The molecule has 0 N–H and O–H groups in total. The molecule has 1 saturated carbocycles. The third-order valence-electron chi connectivity index (χ3n) is 4.18. The molecule has 2 unspecified atom stereocenters. The highest BCUT2D eigenvalue weighted by atomic mass is 35.5. The first-order valence-electron chi connectivity index (χ1n) is 7.22. The minimum Gasteiger partial charge on any atom is -0.308 e. The minimum absolute atomic E-state index is 0.424. The van der Waals surface area contributed by atoms with Gasteiger partial charge in [-0.2, -0.15) is 0 Å². The largest absolute Gasteiger partial charge is 0.308 e. The summed E-state index contributed by atoms with van der Waals surface area (Å²) in [6.45, 7) is 2.04. The van der Waals surface area contributed by atoms with E-state index < -0.39 is 0 Å². The van der Waals surface area contributed by atoms with Crippen molar-refractivity contribution in [2.24, 2.45) is 0 Å². The second-order valence-electron chi connectivity index (χ2n) is 5.71. The van der Waals surface area contributed by atoms with E-state index in [1.165, 1.54) is 5.56 Å². The fraction of sp³-hybridized carbons (Fsp3) is 0.294. The summed E-state index contributed by atoms with van der Waals surface area (Å²) in [6, 6.07) is 13.2. The van der Waals surface area contributed by atoms with Crippen molar-refractivity contribution >= 4 is 22.8 Å². The molecule has 106 valence electrons. The van der Waals surface area contributed by atoms with Gasteiger partial charge in [-0.3, -0.25) is 0 Å². The number of aromatic nitrogens is 3. The summed E-state index contributed by atoms with van der Waals surface area (Å²) in [5.74, 6) is 1.90. The van der Waals surface area contributed by atoms with Crippen molar-refractivity contribution in [1.82, 2.24) is 14.5 Å². The molecule has 3 nitrogen and oxygen atoms in total. The second kappa shape index (κ2) is 4.85. The molecule has 0 aliphatic heterocycles. The van der Waals surface area contributed by atoms with Gasteiger partial charge in [0.05, 0.1) is 5.88 Å². The molecular weight excluding hydrogens is 282 g/mol. The molecular formula is C17H16ClN3. The molecule has 1 aliphatic rings. The van der Waals surface area contributed by atoms with Crippen molar-refractivity contribution in [2.75, 3.05) is 0 Å². The number of alkyl halides is 1. The summed E-state index contributed by atoms with van der Waals surface area (Å²) in [7, 11) is 0. The first-order valence-corrected chi connectivity index (χ1v) is 7.75. The number of hydrogen-bond donors (Lipinski definition) is 0. The van der Waals surface area contributed by atoms with Crippen LogP contribution in [0.3, 0.4) is 0 Å². The molecule has 4 rings (SSSR count). The Morgan fingerprint density at radius 1 is 1.29 bits per heavy atom. The minimum atomic E-state index is 0.424. The molecule has 1 aliphatic carbocycles. The highest BCUT2D eigenvalue weighted by Crippen LogP contribution is 2.52. The number of benzene rings is 1. The quantitative estimate of drug-likeness (QED) is 0.678. The molecule has 0 saturated heterocycles. The van der Waals surface area contributed by atoms with Crippen LogP contribution in [0.4, 0.5) is 0 Å². The Bertz CT molecular complexity index is 794. The number of fused-ring (bicyclic) bond motifs is 1. The topological polar surface area (TPSA) is 30.7 Å². The molecule has 1 fully saturated rings. The summed E-state index contributed by atoms with van der Waals surface area (Å²) in [4.78, 5) is 9.23. The lowest BCUT2D eigenvalue weighted by Crippen LogP contribution is -2.02. The zero-order valence-corrected chi connectivity index (χ0v) is 12.6. The van der Waals surface area contributed by atoms with Crippen LogP contribution in [0.2, 0.25) is 0 Å². The van der Waals surface area contributed by atoms with Gasteiger partial charge in [-0.05, 0) is 30.5 Å². The van der Waals surface area contributed by atoms with Crippen molar-refractivity contribution in [3.8, 4) is 0 Å². The first-order chi connectivity index (χ1) is 10.3. The highest BCUT2D eigenvalue weighted by Gasteiger charge is 2.41. The Kier molecular flexibility index (Phi) is 2.96. The molecule has 0 bridgehead atoms. The lowest BCUT2D eigenvalue weighted by atomic mass is 10.1. The van der Waals surface area contributed by atoms with E-state index in [-0.39, 0.29) is 0 Å². The van der Waals surface area contributed by atoms with Crippen LogP contribution in [-0.2, 0) is 5.88 Å². The maximum atomic E-state index is 6.10. The Balaban J connectivity index is 1.77. The number of nitrogens with zero attached hydrogens (tertiary/aromatic N) is 3. The molecule has 2 heterocycles. The Morgan fingerprint density at radius 2 is 2.10 bits per heavy atom. The number of imidazole rings is 1. The number of hydrogen-bond acceptors (Lipinski definition) is 2. The molecule has 1 aromatic carbocycles. The predicted molar refractivity (Wildman–Crippen MR) is 84.7 cm³/mol. The fourth-order valence-electron chi connectivity index (χ4n) is 3.10. The Labute approximate surface area is 128 Å². The van der Waals surface area contributed by atoms with E-state index in [1.807, 2.05) is 13.1 Å². The average molecular weight is 298 g/mol. The maximum Gasteiger partial charge on any atom is 0.160 e. The van der Waals surface area contributed by atoms with Crippen LogP contribution in [0, 0.1) is 6.92 Å². The van der Waals surface area contributed by atoms with E-state index >= 15 is 0 Å². The van der Waals surface area contributed by atoms with Gasteiger partial charge in [-0.25, -0.2) is 9.97 Å². The van der Waals surface area contributed by atoms with Gasteiger partial charge < -0.3 is 4.57 Å². The van der Waals surface area contributed by atoms with Gasteiger partial charge in [0.1, 0.15) is 11.3 Å². The van der Waals surface area contributed by atoms with Gasteiger partial charge in [0.15, 0.2) is 5.65 Å². The first kappa shape index (κ1) is 12.8. The number of pyridine rings is 1. The van der Waals surface area contributed by atoms with Crippen LogP contribution in [0.15, 0.2) is 42.6 Å². The van der Waals surface area contributed by atoms with Gasteiger partial charge in [0.2, 0.25) is 0 Å². The van der Waals surface area contributed by atoms with Crippen LogP contribution < -0.4 is 0 Å². The predicted octanol–water partition coefficient (Wildman–Crippen LogP) is 4.21. The molecule has 0 amide bonds. The van der Waals surface area contributed by atoms with E-state index in [0.717, 1.165) is 29.0 Å². The molecule has 3 aromatic rings. The van der Waals surface area contributed by atoms with Crippen LogP contribution in [0.1, 0.15) is 35.3 Å². The third-order valence-corrected chi connectivity index (χ3v) is 4.41. The van der Waals surface area contributed by atoms with E-state index in [1.54, 1.807) is 0 Å². The summed E-state index contributed by atoms with van der Waals surface area (Å²) >= 11 is 6.10. The Morgan fingerprint density at radius 3 is 2.86 bits per heavy atom. The smallest absolute Gasteiger partial charge is 0.160 e. The van der Waals surface area contributed by atoms with Crippen molar-refractivity contribution in [1.29, 1.82) is 0 Å². The fourth-order valence-corrected chi connectivity index (χ4v) is 3.29. The number of aryl methyl sites for hydroxylation is 1. The molecule has 21 heavy (non-hydrogen) atoms. The summed E-state index contributed by atoms with van der Waals surface area (Å²) in [5.41, 5.74) is 4.42. The summed E-state index contributed by atoms with van der Waals surface area (Å²) in [6.07, 6.45) is 3.04. The maximum absolute atomic E-state index is 6.10. The average Bonchev–Trinajstić information content (AvgIpc) is 3.22. The van der Waals surface area contributed by atoms with E-state index in [4.69, 9.17) is 11.6 Å². The monoisotopic (exact) mass is 297 g/mol. The van der Waals surface area contributed by atoms with Crippen LogP contribution in [0.5, 0.6) is 0 Å². The highest BCUT2D eigenvalue weighted by molar-refractivity contribution is 6.16. The zero-order valence-electron chi connectivity index (χ0n) is 11.8. The Hall–Kier alpha value is -1.87. The van der Waals surface area contributed by atoms with Gasteiger partial charge >= 0.3 is 0 Å². The molecule has 2 atom stereocenters. The van der Waals surface area contributed by atoms with Crippen LogP contribution in [0.25, 0.3) is 11.2 Å². The normalized spacial score (nSPS) is 20.9. The van der Waals surface area contributed by atoms with Gasteiger partial charge in [-0.15, -0.1) is 11.6 Å². The van der Waals surface area contributed by atoms with Crippen molar-refractivity contribution in [2.45, 2.75) is 31.2 Å².